The molecule has 1 aromatic heterocycles. The van der Waals surface area contributed by atoms with E-state index in [0.29, 0.717) is 11.4 Å². The van der Waals surface area contributed by atoms with Crippen LogP contribution in [0.15, 0.2) is 29.8 Å². The number of thiazole rings is 1. The fourth-order valence-corrected chi connectivity index (χ4v) is 2.51. The second-order valence-electron chi connectivity index (χ2n) is 4.01. The fourth-order valence-electron chi connectivity index (χ4n) is 1.71. The van der Waals surface area contributed by atoms with E-state index in [0.717, 1.165) is 23.4 Å². The first-order valence-electron chi connectivity index (χ1n) is 6.08. The number of amides is 1. The Morgan fingerprint density at radius 3 is 2.74 bits per heavy atom. The Labute approximate surface area is 116 Å². The highest BCUT2D eigenvalue weighted by molar-refractivity contribution is 7.11. The molecular formula is C14H16N2O2S. The molecule has 5 heteroatoms. The molecule has 1 heterocycles. The molecule has 0 radical (unpaired) electrons. The number of nitrogens with one attached hydrogen (secondary N) is 1. The maximum atomic E-state index is 12.0. The van der Waals surface area contributed by atoms with Gasteiger partial charge in [-0.2, -0.15) is 0 Å². The van der Waals surface area contributed by atoms with Gasteiger partial charge in [-0.25, -0.2) is 4.98 Å². The predicted octanol–water partition coefficient (Wildman–Crippen LogP) is 2.64. The number of nitrogens with zero attached hydrogens (tertiary/aromatic N) is 1. The second kappa shape index (κ2) is 6.33. The number of methoxy groups -OCH3 is 1. The number of benzene rings is 1. The van der Waals surface area contributed by atoms with Crippen molar-refractivity contribution >= 4 is 17.2 Å². The fraction of sp³-hybridized carbons (Fsp3) is 0.286. The molecule has 0 saturated carbocycles. The molecule has 0 fully saturated rings. The van der Waals surface area contributed by atoms with E-state index >= 15 is 0 Å². The van der Waals surface area contributed by atoms with Crippen molar-refractivity contribution in [2.24, 2.45) is 0 Å². The van der Waals surface area contributed by atoms with Crippen LogP contribution in [0.25, 0.3) is 0 Å². The minimum atomic E-state index is -0.0600. The minimum Gasteiger partial charge on any atom is -0.497 e. The molecule has 0 aliphatic heterocycles. The van der Waals surface area contributed by atoms with E-state index < -0.39 is 0 Å². The van der Waals surface area contributed by atoms with Gasteiger partial charge in [-0.1, -0.05) is 19.1 Å². The SMILES string of the molecule is CCc1ncsc1C(=O)NCc1ccc(OC)cc1. The normalized spacial score (nSPS) is 10.2. The van der Waals surface area contributed by atoms with E-state index in [1.807, 2.05) is 31.2 Å². The van der Waals surface area contributed by atoms with Crippen LogP contribution < -0.4 is 10.1 Å². The van der Waals surface area contributed by atoms with Crippen molar-refractivity contribution in [2.45, 2.75) is 19.9 Å². The Morgan fingerprint density at radius 2 is 2.11 bits per heavy atom. The molecule has 0 atom stereocenters. The van der Waals surface area contributed by atoms with Gasteiger partial charge in [-0.3, -0.25) is 4.79 Å². The molecule has 0 aliphatic rings. The molecule has 0 spiro atoms. The number of hydrogen-bond donors (Lipinski definition) is 1. The zero-order valence-electron chi connectivity index (χ0n) is 11.0. The lowest BCUT2D eigenvalue weighted by Crippen LogP contribution is -2.22. The molecule has 4 nitrogen and oxygen atoms in total. The summed E-state index contributed by atoms with van der Waals surface area (Å²) in [4.78, 5) is 16.9. The molecule has 0 unspecified atom stereocenters. The van der Waals surface area contributed by atoms with E-state index in [1.165, 1.54) is 11.3 Å². The molecule has 0 aliphatic carbocycles. The van der Waals surface area contributed by atoms with Gasteiger partial charge in [0.25, 0.3) is 5.91 Å². The molecule has 100 valence electrons. The van der Waals surface area contributed by atoms with Crippen LogP contribution in [0.3, 0.4) is 0 Å². The van der Waals surface area contributed by atoms with Crippen molar-refractivity contribution in [3.8, 4) is 5.75 Å². The highest BCUT2D eigenvalue weighted by atomic mass is 32.1. The Kier molecular flexibility index (Phi) is 4.52. The second-order valence-corrected chi connectivity index (χ2v) is 4.87. The van der Waals surface area contributed by atoms with Crippen molar-refractivity contribution in [1.82, 2.24) is 10.3 Å². The van der Waals surface area contributed by atoms with Gasteiger partial charge in [0.05, 0.1) is 18.3 Å². The summed E-state index contributed by atoms with van der Waals surface area (Å²) in [5.74, 6) is 0.751. The van der Waals surface area contributed by atoms with E-state index in [-0.39, 0.29) is 5.91 Å². The standard InChI is InChI=1S/C14H16N2O2S/c1-3-12-13(19-9-16-12)14(17)15-8-10-4-6-11(18-2)7-5-10/h4-7,9H,3,8H2,1-2H3,(H,15,17). The Hall–Kier alpha value is -1.88. The monoisotopic (exact) mass is 276 g/mol. The van der Waals surface area contributed by atoms with Gasteiger partial charge in [-0.15, -0.1) is 11.3 Å². The van der Waals surface area contributed by atoms with E-state index in [2.05, 4.69) is 10.3 Å². The lowest BCUT2D eigenvalue weighted by molar-refractivity contribution is 0.0954. The zero-order chi connectivity index (χ0) is 13.7. The van der Waals surface area contributed by atoms with Crippen LogP contribution in [-0.4, -0.2) is 18.0 Å². The number of hydrogen-bond acceptors (Lipinski definition) is 4. The molecule has 1 amide bonds. The molecule has 1 aromatic carbocycles. The van der Waals surface area contributed by atoms with Crippen molar-refractivity contribution in [1.29, 1.82) is 0 Å². The molecule has 0 saturated heterocycles. The molecule has 1 N–H and O–H groups in total. The maximum Gasteiger partial charge on any atom is 0.263 e. The summed E-state index contributed by atoms with van der Waals surface area (Å²) in [7, 11) is 1.63. The van der Waals surface area contributed by atoms with Gasteiger partial charge in [0.1, 0.15) is 10.6 Å². The van der Waals surface area contributed by atoms with Gasteiger partial charge < -0.3 is 10.1 Å². The van der Waals surface area contributed by atoms with Crippen molar-refractivity contribution in [3.05, 3.63) is 45.9 Å². The Bertz CT molecular complexity index is 549. The number of aryl methyl sites for hydroxylation is 1. The van der Waals surface area contributed by atoms with Crippen LogP contribution in [0.4, 0.5) is 0 Å². The zero-order valence-corrected chi connectivity index (χ0v) is 11.8. The average Bonchev–Trinajstić information content (AvgIpc) is 2.93. The lowest BCUT2D eigenvalue weighted by atomic mass is 10.2. The largest absolute Gasteiger partial charge is 0.497 e. The highest BCUT2D eigenvalue weighted by Crippen LogP contribution is 2.14. The predicted molar refractivity (Wildman–Crippen MR) is 75.7 cm³/mol. The molecule has 2 rings (SSSR count). The van der Waals surface area contributed by atoms with Crippen LogP contribution >= 0.6 is 11.3 Å². The van der Waals surface area contributed by atoms with Crippen molar-refractivity contribution < 1.29 is 9.53 Å². The Balaban J connectivity index is 1.96. The lowest BCUT2D eigenvalue weighted by Gasteiger charge is -2.06. The number of carbonyl (C=O) groups excluding carboxylic acids is 1. The third-order valence-corrected chi connectivity index (χ3v) is 3.66. The van der Waals surface area contributed by atoms with Gasteiger partial charge >= 0.3 is 0 Å². The highest BCUT2D eigenvalue weighted by Gasteiger charge is 2.12. The van der Waals surface area contributed by atoms with Gasteiger partial charge in [0.15, 0.2) is 0 Å². The molecule has 0 bridgehead atoms. The minimum absolute atomic E-state index is 0.0600. The van der Waals surface area contributed by atoms with Gasteiger partial charge in [0, 0.05) is 6.54 Å². The van der Waals surface area contributed by atoms with Crippen LogP contribution in [0.5, 0.6) is 5.75 Å². The third kappa shape index (κ3) is 3.32. The number of rotatable bonds is 5. The van der Waals surface area contributed by atoms with Crippen molar-refractivity contribution in [2.75, 3.05) is 7.11 Å². The van der Waals surface area contributed by atoms with E-state index in [4.69, 9.17) is 4.74 Å². The summed E-state index contributed by atoms with van der Waals surface area (Å²) < 4.78 is 5.09. The Morgan fingerprint density at radius 1 is 1.37 bits per heavy atom. The molecule has 19 heavy (non-hydrogen) atoms. The number of carbonyl (C=O) groups is 1. The van der Waals surface area contributed by atoms with Crippen LogP contribution in [-0.2, 0) is 13.0 Å². The van der Waals surface area contributed by atoms with Gasteiger partial charge in [-0.05, 0) is 24.1 Å². The van der Waals surface area contributed by atoms with E-state index in [1.54, 1.807) is 12.6 Å². The van der Waals surface area contributed by atoms with Crippen LogP contribution in [0.2, 0.25) is 0 Å². The quantitative estimate of drug-likeness (QED) is 0.913. The van der Waals surface area contributed by atoms with Crippen LogP contribution in [0, 0.1) is 0 Å². The summed E-state index contributed by atoms with van der Waals surface area (Å²) in [5, 5.41) is 2.90. The smallest absolute Gasteiger partial charge is 0.263 e. The maximum absolute atomic E-state index is 12.0. The van der Waals surface area contributed by atoms with Gasteiger partial charge in [0.2, 0.25) is 0 Å². The topological polar surface area (TPSA) is 51.2 Å². The first-order valence-corrected chi connectivity index (χ1v) is 6.96. The van der Waals surface area contributed by atoms with Crippen molar-refractivity contribution in [3.63, 3.8) is 0 Å². The summed E-state index contributed by atoms with van der Waals surface area (Å²) in [5.41, 5.74) is 3.61. The summed E-state index contributed by atoms with van der Waals surface area (Å²) in [6.07, 6.45) is 0.773. The molecule has 2 aromatic rings. The first-order chi connectivity index (χ1) is 9.24. The third-order valence-electron chi connectivity index (χ3n) is 2.79. The number of ether oxygens (including phenoxy) is 1. The summed E-state index contributed by atoms with van der Waals surface area (Å²) >= 11 is 1.38. The van der Waals surface area contributed by atoms with E-state index in [9.17, 15) is 4.79 Å². The van der Waals surface area contributed by atoms with Crippen LogP contribution in [0.1, 0.15) is 27.9 Å². The first kappa shape index (κ1) is 13.5. The summed E-state index contributed by atoms with van der Waals surface area (Å²) in [6.45, 7) is 2.50. The molecular weight excluding hydrogens is 260 g/mol. The average molecular weight is 276 g/mol. The number of aromatic nitrogens is 1. The summed E-state index contributed by atoms with van der Waals surface area (Å²) in [6, 6.07) is 7.64.